The van der Waals surface area contributed by atoms with Crippen LogP contribution in [0.4, 0.5) is 4.79 Å². The molecule has 2 N–H and O–H groups in total. The first-order chi connectivity index (χ1) is 7.78. The van der Waals surface area contributed by atoms with Gasteiger partial charge in [-0.05, 0) is 39.5 Å². The zero-order chi connectivity index (χ0) is 13.1. The predicted octanol–water partition coefficient (Wildman–Crippen LogP) is 2.31. The van der Waals surface area contributed by atoms with Gasteiger partial charge in [0.25, 0.3) is 0 Å². The second kappa shape index (κ2) is 5.67. The molecule has 4 nitrogen and oxygen atoms in total. The number of hydrogen-bond donors (Lipinski definition) is 1. The fraction of sp³-hybridized carbons (Fsp3) is 0.833. The summed E-state index contributed by atoms with van der Waals surface area (Å²) in [7, 11) is 0. The van der Waals surface area contributed by atoms with Gasteiger partial charge in [0.05, 0.1) is 4.99 Å². The summed E-state index contributed by atoms with van der Waals surface area (Å²) in [6.07, 6.45) is 2.56. The van der Waals surface area contributed by atoms with Crippen molar-refractivity contribution in [3.63, 3.8) is 0 Å². The van der Waals surface area contributed by atoms with Crippen molar-refractivity contribution in [2.75, 3.05) is 13.1 Å². The van der Waals surface area contributed by atoms with Crippen molar-refractivity contribution < 1.29 is 9.53 Å². The molecule has 0 aromatic carbocycles. The first-order valence-electron chi connectivity index (χ1n) is 6.04. The molecule has 1 unspecified atom stereocenters. The van der Waals surface area contributed by atoms with Gasteiger partial charge in [0.1, 0.15) is 5.60 Å². The third kappa shape index (κ3) is 5.35. The highest BCUT2D eigenvalue weighted by Crippen LogP contribution is 2.21. The molecule has 1 aliphatic rings. The highest BCUT2D eigenvalue weighted by atomic mass is 32.1. The molecule has 1 amide bonds. The molecule has 1 saturated heterocycles. The standard InChI is InChI=1S/C12H22N2O2S/c1-12(2,3)16-11(15)14-6-4-5-9(8-14)7-10(13)17/h9H,4-8H2,1-3H3,(H2,13,17). The van der Waals surface area contributed by atoms with Crippen LogP contribution in [0, 0.1) is 5.92 Å². The number of amides is 1. The van der Waals surface area contributed by atoms with Crippen LogP contribution in [0.5, 0.6) is 0 Å². The summed E-state index contributed by atoms with van der Waals surface area (Å²) in [5, 5.41) is 0. The largest absolute Gasteiger partial charge is 0.444 e. The van der Waals surface area contributed by atoms with E-state index in [0.717, 1.165) is 19.4 Å². The van der Waals surface area contributed by atoms with Gasteiger partial charge in [-0.1, -0.05) is 12.2 Å². The molecule has 0 spiro atoms. The Hall–Kier alpha value is -0.840. The summed E-state index contributed by atoms with van der Waals surface area (Å²) in [6, 6.07) is 0. The summed E-state index contributed by atoms with van der Waals surface area (Å²) in [5.41, 5.74) is 5.11. The lowest BCUT2D eigenvalue weighted by Gasteiger charge is -2.34. The van der Waals surface area contributed by atoms with Crippen molar-refractivity contribution in [1.82, 2.24) is 4.90 Å². The van der Waals surface area contributed by atoms with E-state index >= 15 is 0 Å². The number of likely N-dealkylation sites (tertiary alicyclic amines) is 1. The molecule has 1 fully saturated rings. The average Bonchev–Trinajstić information content (AvgIpc) is 2.14. The van der Waals surface area contributed by atoms with Crippen LogP contribution in [0.2, 0.25) is 0 Å². The van der Waals surface area contributed by atoms with E-state index in [1.165, 1.54) is 0 Å². The van der Waals surface area contributed by atoms with E-state index in [1.807, 2.05) is 20.8 Å². The number of rotatable bonds is 2. The van der Waals surface area contributed by atoms with Crippen LogP contribution in [-0.4, -0.2) is 34.7 Å². The van der Waals surface area contributed by atoms with Crippen molar-refractivity contribution in [3.8, 4) is 0 Å². The van der Waals surface area contributed by atoms with E-state index in [2.05, 4.69) is 0 Å². The highest BCUT2D eigenvalue weighted by molar-refractivity contribution is 7.80. The van der Waals surface area contributed by atoms with Gasteiger partial charge in [0.15, 0.2) is 0 Å². The molecule has 17 heavy (non-hydrogen) atoms. The fourth-order valence-corrected chi connectivity index (χ4v) is 2.24. The quantitative estimate of drug-likeness (QED) is 0.772. The van der Waals surface area contributed by atoms with Crippen LogP contribution in [0.15, 0.2) is 0 Å². The number of nitrogens with two attached hydrogens (primary N) is 1. The Morgan fingerprint density at radius 1 is 1.53 bits per heavy atom. The zero-order valence-corrected chi connectivity index (χ0v) is 11.7. The van der Waals surface area contributed by atoms with Crippen LogP contribution >= 0.6 is 12.2 Å². The Bertz CT molecular complexity index is 299. The normalized spacial score (nSPS) is 21.1. The number of carbonyl (C=O) groups excluding carboxylic acids is 1. The van der Waals surface area contributed by atoms with Crippen LogP contribution in [0.3, 0.4) is 0 Å². The topological polar surface area (TPSA) is 55.6 Å². The van der Waals surface area contributed by atoms with Gasteiger partial charge in [-0.2, -0.15) is 0 Å². The predicted molar refractivity (Wildman–Crippen MR) is 71.9 cm³/mol. The van der Waals surface area contributed by atoms with Gasteiger partial charge in [0.2, 0.25) is 0 Å². The van der Waals surface area contributed by atoms with Crippen LogP contribution in [0.25, 0.3) is 0 Å². The second-order valence-corrected chi connectivity index (χ2v) is 6.13. The summed E-state index contributed by atoms with van der Waals surface area (Å²) in [4.78, 5) is 14.2. The number of thiocarbonyl (C=S) groups is 1. The smallest absolute Gasteiger partial charge is 0.410 e. The Morgan fingerprint density at radius 3 is 2.71 bits per heavy atom. The number of carbonyl (C=O) groups is 1. The highest BCUT2D eigenvalue weighted by Gasteiger charge is 2.27. The van der Waals surface area contributed by atoms with E-state index in [1.54, 1.807) is 4.90 Å². The van der Waals surface area contributed by atoms with Crippen LogP contribution in [-0.2, 0) is 4.74 Å². The molecule has 1 atom stereocenters. The van der Waals surface area contributed by atoms with Crippen molar-refractivity contribution in [1.29, 1.82) is 0 Å². The molecular weight excluding hydrogens is 236 g/mol. The minimum Gasteiger partial charge on any atom is -0.444 e. The molecule has 1 rings (SSSR count). The third-order valence-corrected chi connectivity index (χ3v) is 2.83. The maximum atomic E-state index is 11.9. The molecule has 0 aromatic rings. The lowest BCUT2D eigenvalue weighted by atomic mass is 9.95. The average molecular weight is 258 g/mol. The maximum Gasteiger partial charge on any atom is 0.410 e. The number of hydrogen-bond acceptors (Lipinski definition) is 3. The lowest BCUT2D eigenvalue weighted by molar-refractivity contribution is 0.0169. The monoisotopic (exact) mass is 258 g/mol. The van der Waals surface area contributed by atoms with Gasteiger partial charge in [0, 0.05) is 19.5 Å². The van der Waals surface area contributed by atoms with E-state index in [9.17, 15) is 4.79 Å². The minimum absolute atomic E-state index is 0.231. The first-order valence-corrected chi connectivity index (χ1v) is 6.45. The Labute approximate surface area is 108 Å². The third-order valence-electron chi connectivity index (χ3n) is 2.66. The molecule has 98 valence electrons. The molecule has 0 radical (unpaired) electrons. The van der Waals surface area contributed by atoms with E-state index in [4.69, 9.17) is 22.7 Å². The van der Waals surface area contributed by atoms with E-state index < -0.39 is 5.60 Å². The van der Waals surface area contributed by atoms with Gasteiger partial charge >= 0.3 is 6.09 Å². The minimum atomic E-state index is -0.437. The molecule has 0 bridgehead atoms. The van der Waals surface area contributed by atoms with Crippen molar-refractivity contribution in [2.24, 2.45) is 11.7 Å². The molecule has 0 aromatic heterocycles. The Kier molecular flexibility index (Phi) is 4.74. The molecule has 5 heteroatoms. The molecule has 0 aliphatic carbocycles. The first kappa shape index (κ1) is 14.2. The van der Waals surface area contributed by atoms with Crippen LogP contribution < -0.4 is 5.73 Å². The van der Waals surface area contributed by atoms with Gasteiger partial charge in [-0.15, -0.1) is 0 Å². The summed E-state index contributed by atoms with van der Waals surface area (Å²) < 4.78 is 5.35. The summed E-state index contributed by atoms with van der Waals surface area (Å²) in [6.45, 7) is 7.10. The number of ether oxygens (including phenoxy) is 1. The Balaban J connectivity index is 2.49. The zero-order valence-electron chi connectivity index (χ0n) is 10.9. The summed E-state index contributed by atoms with van der Waals surface area (Å²) in [5.74, 6) is 0.383. The van der Waals surface area contributed by atoms with Gasteiger partial charge in [-0.3, -0.25) is 0 Å². The SMILES string of the molecule is CC(C)(C)OC(=O)N1CCCC(CC(N)=S)C1. The number of nitrogens with zero attached hydrogens (tertiary/aromatic N) is 1. The van der Waals surface area contributed by atoms with Crippen molar-refractivity contribution in [3.05, 3.63) is 0 Å². The maximum absolute atomic E-state index is 11.9. The fourth-order valence-electron chi connectivity index (χ4n) is 2.01. The van der Waals surface area contributed by atoms with Crippen molar-refractivity contribution in [2.45, 2.75) is 45.6 Å². The summed E-state index contributed by atoms with van der Waals surface area (Å²) >= 11 is 4.91. The molecule has 1 heterocycles. The second-order valence-electron chi connectivity index (χ2n) is 5.61. The van der Waals surface area contributed by atoms with E-state index in [0.29, 0.717) is 23.9 Å². The lowest BCUT2D eigenvalue weighted by Crippen LogP contribution is -2.43. The van der Waals surface area contributed by atoms with Crippen molar-refractivity contribution >= 4 is 23.3 Å². The molecule has 0 saturated carbocycles. The van der Waals surface area contributed by atoms with Crippen LogP contribution in [0.1, 0.15) is 40.0 Å². The number of piperidine rings is 1. The van der Waals surface area contributed by atoms with E-state index in [-0.39, 0.29) is 6.09 Å². The molecule has 1 aliphatic heterocycles. The molecular formula is C12H22N2O2S. The Morgan fingerprint density at radius 2 is 2.18 bits per heavy atom. The van der Waals surface area contributed by atoms with Gasteiger partial charge in [-0.25, -0.2) is 4.79 Å². The van der Waals surface area contributed by atoms with Gasteiger partial charge < -0.3 is 15.4 Å².